The van der Waals surface area contributed by atoms with E-state index in [1.54, 1.807) is 7.11 Å². The normalized spacial score (nSPS) is 10.6. The molecule has 0 amide bonds. The van der Waals surface area contributed by atoms with Gasteiger partial charge in [-0.05, 0) is 13.0 Å². The van der Waals surface area contributed by atoms with E-state index in [-0.39, 0.29) is 0 Å². The molecule has 1 aromatic rings. The number of rotatable bonds is 9. The summed E-state index contributed by atoms with van der Waals surface area (Å²) in [7, 11) is 1.67. The maximum absolute atomic E-state index is 5.34. The first-order chi connectivity index (χ1) is 7.93. The van der Waals surface area contributed by atoms with Gasteiger partial charge in [0.25, 0.3) is 0 Å². The molecule has 0 radical (unpaired) electrons. The Bertz CT molecular complexity index is 257. The summed E-state index contributed by atoms with van der Waals surface area (Å²) in [6.07, 6.45) is 6.16. The SMILES string of the molecule is COCCOCCCNCc1cncnc1. The van der Waals surface area contributed by atoms with Gasteiger partial charge >= 0.3 is 0 Å². The van der Waals surface area contributed by atoms with Gasteiger partial charge in [0.2, 0.25) is 0 Å². The Balaban J connectivity index is 1.89. The van der Waals surface area contributed by atoms with Crippen molar-refractivity contribution in [2.24, 2.45) is 0 Å². The molecule has 1 N–H and O–H groups in total. The molecule has 0 spiro atoms. The maximum Gasteiger partial charge on any atom is 0.115 e. The summed E-state index contributed by atoms with van der Waals surface area (Å²) in [5, 5.41) is 3.30. The van der Waals surface area contributed by atoms with Crippen LogP contribution in [0.2, 0.25) is 0 Å². The van der Waals surface area contributed by atoms with E-state index in [0.717, 1.165) is 31.7 Å². The minimum atomic E-state index is 0.661. The molecule has 1 aromatic heterocycles. The number of methoxy groups -OCH3 is 1. The maximum atomic E-state index is 5.34. The van der Waals surface area contributed by atoms with Gasteiger partial charge in [-0.1, -0.05) is 0 Å². The molecule has 90 valence electrons. The molecule has 5 nitrogen and oxygen atoms in total. The lowest BCUT2D eigenvalue weighted by Crippen LogP contribution is -2.17. The molecule has 1 rings (SSSR count). The lowest BCUT2D eigenvalue weighted by Gasteiger charge is -2.05. The summed E-state index contributed by atoms with van der Waals surface area (Å²) < 4.78 is 10.2. The number of ether oxygens (including phenoxy) is 2. The van der Waals surface area contributed by atoms with Crippen molar-refractivity contribution in [2.75, 3.05) is 33.5 Å². The molecular weight excluding hydrogens is 206 g/mol. The number of aromatic nitrogens is 2. The van der Waals surface area contributed by atoms with Gasteiger partial charge in [-0.2, -0.15) is 0 Å². The third-order valence-electron chi connectivity index (χ3n) is 2.02. The van der Waals surface area contributed by atoms with Gasteiger partial charge in [0.05, 0.1) is 13.2 Å². The number of hydrogen-bond donors (Lipinski definition) is 1. The van der Waals surface area contributed by atoms with Gasteiger partial charge in [-0.3, -0.25) is 0 Å². The first kappa shape index (κ1) is 13.0. The Morgan fingerprint density at radius 3 is 2.75 bits per heavy atom. The summed E-state index contributed by atoms with van der Waals surface area (Å²) in [6, 6.07) is 0. The molecule has 0 saturated heterocycles. The van der Waals surface area contributed by atoms with E-state index in [4.69, 9.17) is 9.47 Å². The second-order valence-electron chi connectivity index (χ2n) is 3.38. The van der Waals surface area contributed by atoms with Gasteiger partial charge in [-0.15, -0.1) is 0 Å². The summed E-state index contributed by atoms with van der Waals surface area (Å²) in [5.41, 5.74) is 1.10. The Hall–Kier alpha value is -1.04. The van der Waals surface area contributed by atoms with Crippen molar-refractivity contribution in [3.05, 3.63) is 24.3 Å². The molecule has 5 heteroatoms. The second-order valence-corrected chi connectivity index (χ2v) is 3.38. The fourth-order valence-electron chi connectivity index (χ4n) is 1.20. The summed E-state index contributed by atoms with van der Waals surface area (Å²) >= 11 is 0. The van der Waals surface area contributed by atoms with Crippen molar-refractivity contribution in [3.63, 3.8) is 0 Å². The smallest absolute Gasteiger partial charge is 0.115 e. The van der Waals surface area contributed by atoms with Crippen LogP contribution in [0.1, 0.15) is 12.0 Å². The fraction of sp³-hybridized carbons (Fsp3) is 0.636. The van der Waals surface area contributed by atoms with Crippen LogP contribution in [0.5, 0.6) is 0 Å². The van der Waals surface area contributed by atoms with Crippen LogP contribution in [0.3, 0.4) is 0 Å². The van der Waals surface area contributed by atoms with Crippen LogP contribution in [0.4, 0.5) is 0 Å². The predicted molar refractivity (Wildman–Crippen MR) is 61.1 cm³/mol. The van der Waals surface area contributed by atoms with Crippen molar-refractivity contribution in [1.82, 2.24) is 15.3 Å². The highest BCUT2D eigenvalue weighted by atomic mass is 16.5. The van der Waals surface area contributed by atoms with Crippen molar-refractivity contribution in [3.8, 4) is 0 Å². The van der Waals surface area contributed by atoms with Crippen LogP contribution in [-0.2, 0) is 16.0 Å². The molecule has 0 aliphatic rings. The molecule has 0 fully saturated rings. The van der Waals surface area contributed by atoms with Crippen molar-refractivity contribution in [1.29, 1.82) is 0 Å². The summed E-state index contributed by atoms with van der Waals surface area (Å²) in [6.45, 7) is 3.83. The zero-order chi connectivity index (χ0) is 11.5. The first-order valence-corrected chi connectivity index (χ1v) is 5.45. The molecular formula is C11H19N3O2. The van der Waals surface area contributed by atoms with E-state index in [1.807, 2.05) is 12.4 Å². The molecule has 0 unspecified atom stereocenters. The predicted octanol–water partition coefficient (Wildman–Crippen LogP) is 0.619. The molecule has 0 aliphatic heterocycles. The standard InChI is InChI=1S/C11H19N3O2/c1-15-5-6-16-4-2-3-12-7-11-8-13-10-14-9-11/h8-10,12H,2-7H2,1H3. The fourth-order valence-corrected chi connectivity index (χ4v) is 1.20. The van der Waals surface area contributed by atoms with E-state index in [1.165, 1.54) is 6.33 Å². The van der Waals surface area contributed by atoms with Gasteiger partial charge < -0.3 is 14.8 Å². The van der Waals surface area contributed by atoms with Crippen LogP contribution in [0.15, 0.2) is 18.7 Å². The van der Waals surface area contributed by atoms with Gasteiger partial charge in [-0.25, -0.2) is 9.97 Å². The first-order valence-electron chi connectivity index (χ1n) is 5.45. The van der Waals surface area contributed by atoms with Crippen LogP contribution < -0.4 is 5.32 Å². The minimum Gasteiger partial charge on any atom is -0.382 e. The van der Waals surface area contributed by atoms with E-state index in [0.29, 0.717) is 13.2 Å². The summed E-state index contributed by atoms with van der Waals surface area (Å²) in [5.74, 6) is 0. The van der Waals surface area contributed by atoms with Gasteiger partial charge in [0.15, 0.2) is 0 Å². The molecule has 0 aromatic carbocycles. The Labute approximate surface area is 96.2 Å². The molecule has 0 aliphatic carbocycles. The monoisotopic (exact) mass is 225 g/mol. The Kier molecular flexibility index (Phi) is 7.49. The molecule has 0 saturated carbocycles. The molecule has 0 atom stereocenters. The quantitative estimate of drug-likeness (QED) is 0.624. The highest BCUT2D eigenvalue weighted by molar-refractivity contribution is 5.01. The van der Waals surface area contributed by atoms with E-state index >= 15 is 0 Å². The third kappa shape index (κ3) is 6.44. The number of hydrogen-bond acceptors (Lipinski definition) is 5. The molecule has 0 bridgehead atoms. The lowest BCUT2D eigenvalue weighted by atomic mass is 10.3. The van der Waals surface area contributed by atoms with Crippen molar-refractivity contribution >= 4 is 0 Å². The van der Waals surface area contributed by atoms with E-state index in [2.05, 4.69) is 15.3 Å². The average molecular weight is 225 g/mol. The van der Waals surface area contributed by atoms with Crippen LogP contribution in [0, 0.1) is 0 Å². The lowest BCUT2D eigenvalue weighted by molar-refractivity contribution is 0.0695. The van der Waals surface area contributed by atoms with Gasteiger partial charge in [0.1, 0.15) is 6.33 Å². The number of nitrogens with zero attached hydrogens (tertiary/aromatic N) is 2. The summed E-state index contributed by atoms with van der Waals surface area (Å²) in [4.78, 5) is 7.89. The number of nitrogens with one attached hydrogen (secondary N) is 1. The zero-order valence-corrected chi connectivity index (χ0v) is 9.69. The van der Waals surface area contributed by atoms with Crippen LogP contribution >= 0.6 is 0 Å². The highest BCUT2D eigenvalue weighted by Gasteiger charge is 1.92. The van der Waals surface area contributed by atoms with Gasteiger partial charge in [0, 0.05) is 38.2 Å². The van der Waals surface area contributed by atoms with Crippen LogP contribution in [0.25, 0.3) is 0 Å². The largest absolute Gasteiger partial charge is 0.382 e. The van der Waals surface area contributed by atoms with Crippen molar-refractivity contribution in [2.45, 2.75) is 13.0 Å². The third-order valence-corrected chi connectivity index (χ3v) is 2.02. The Morgan fingerprint density at radius 1 is 1.19 bits per heavy atom. The van der Waals surface area contributed by atoms with E-state index < -0.39 is 0 Å². The topological polar surface area (TPSA) is 56.3 Å². The molecule has 1 heterocycles. The second kappa shape index (κ2) is 9.21. The van der Waals surface area contributed by atoms with E-state index in [9.17, 15) is 0 Å². The minimum absolute atomic E-state index is 0.661. The van der Waals surface area contributed by atoms with Crippen LogP contribution in [-0.4, -0.2) is 43.4 Å². The average Bonchev–Trinajstić information content (AvgIpc) is 2.34. The van der Waals surface area contributed by atoms with Crippen molar-refractivity contribution < 1.29 is 9.47 Å². The zero-order valence-electron chi connectivity index (χ0n) is 9.69. The highest BCUT2D eigenvalue weighted by Crippen LogP contribution is 1.91. The Morgan fingerprint density at radius 2 is 2.00 bits per heavy atom. The molecule has 16 heavy (non-hydrogen) atoms.